The molecule has 2 aromatic rings. The van der Waals surface area contributed by atoms with Gasteiger partial charge in [0, 0.05) is 20.1 Å². The molecular formula is C17H12Br3NO3. The Kier molecular flexibility index (Phi) is 4.77. The van der Waals surface area contributed by atoms with Gasteiger partial charge in [0.05, 0.1) is 22.8 Å². The zero-order valence-corrected chi connectivity index (χ0v) is 17.5. The molecule has 1 aliphatic heterocycles. The molecule has 0 saturated heterocycles. The number of carbonyl (C=O) groups is 1. The standard InChI is InChI=1S/C17H12Br3NO3/c1-7-11(18)6-12(19)15-14(7)10(17(23)21-15)4-8-3-9(24-2)5-13(20)16(8)22/h3-6,22H,1-2H3,(H,21,23). The van der Waals surface area contributed by atoms with Gasteiger partial charge < -0.3 is 15.2 Å². The molecule has 0 unspecified atom stereocenters. The summed E-state index contributed by atoms with van der Waals surface area (Å²) in [7, 11) is 1.55. The van der Waals surface area contributed by atoms with Crippen LogP contribution in [-0.4, -0.2) is 18.1 Å². The molecule has 0 bridgehead atoms. The molecule has 0 aromatic heterocycles. The number of benzene rings is 2. The van der Waals surface area contributed by atoms with E-state index in [0.29, 0.717) is 21.4 Å². The molecule has 0 spiro atoms. The fourth-order valence-electron chi connectivity index (χ4n) is 2.59. The minimum absolute atomic E-state index is 0.0521. The maximum atomic E-state index is 12.5. The van der Waals surface area contributed by atoms with Gasteiger partial charge in [-0.2, -0.15) is 0 Å². The van der Waals surface area contributed by atoms with Gasteiger partial charge in [0.25, 0.3) is 5.91 Å². The fourth-order valence-corrected chi connectivity index (χ4v) is 4.30. The van der Waals surface area contributed by atoms with Crippen molar-refractivity contribution >= 4 is 71.0 Å². The molecule has 7 heteroatoms. The number of methoxy groups -OCH3 is 1. The van der Waals surface area contributed by atoms with Crippen LogP contribution in [0.4, 0.5) is 5.69 Å². The topological polar surface area (TPSA) is 58.6 Å². The van der Waals surface area contributed by atoms with Crippen molar-refractivity contribution in [3.05, 3.63) is 48.3 Å². The van der Waals surface area contributed by atoms with E-state index in [-0.39, 0.29) is 11.7 Å². The smallest absolute Gasteiger partial charge is 0.256 e. The normalized spacial score (nSPS) is 14.7. The van der Waals surface area contributed by atoms with Crippen molar-refractivity contribution in [1.29, 1.82) is 0 Å². The monoisotopic (exact) mass is 515 g/mol. The first-order valence-corrected chi connectivity index (χ1v) is 9.30. The Morgan fingerprint density at radius 1 is 1.12 bits per heavy atom. The molecule has 1 heterocycles. The lowest BCUT2D eigenvalue weighted by Crippen LogP contribution is -2.04. The number of ether oxygens (including phenoxy) is 1. The lowest BCUT2D eigenvalue weighted by atomic mass is 9.99. The van der Waals surface area contributed by atoms with Gasteiger partial charge in [-0.1, -0.05) is 15.9 Å². The van der Waals surface area contributed by atoms with E-state index in [4.69, 9.17) is 4.74 Å². The van der Waals surface area contributed by atoms with E-state index < -0.39 is 0 Å². The van der Waals surface area contributed by atoms with Crippen molar-refractivity contribution in [3.8, 4) is 11.5 Å². The quantitative estimate of drug-likeness (QED) is 0.518. The number of hydrogen-bond donors (Lipinski definition) is 2. The largest absolute Gasteiger partial charge is 0.506 e. The highest BCUT2D eigenvalue weighted by molar-refractivity contribution is 9.11. The molecule has 0 aliphatic carbocycles. The summed E-state index contributed by atoms with van der Waals surface area (Å²) >= 11 is 10.3. The van der Waals surface area contributed by atoms with E-state index in [9.17, 15) is 9.90 Å². The van der Waals surface area contributed by atoms with Crippen LogP contribution in [0.15, 0.2) is 31.6 Å². The average Bonchev–Trinajstić information content (AvgIpc) is 2.87. The predicted molar refractivity (Wildman–Crippen MR) is 105 cm³/mol. The number of anilines is 1. The number of halogens is 3. The molecule has 3 rings (SSSR count). The number of phenols is 1. The van der Waals surface area contributed by atoms with E-state index in [1.807, 2.05) is 13.0 Å². The van der Waals surface area contributed by atoms with Crippen LogP contribution in [0.2, 0.25) is 0 Å². The number of phenolic OH excluding ortho intramolecular Hbond substituents is 1. The second-order valence-electron chi connectivity index (χ2n) is 5.27. The maximum Gasteiger partial charge on any atom is 0.256 e. The molecule has 1 aliphatic rings. The molecule has 2 N–H and O–H groups in total. The molecule has 24 heavy (non-hydrogen) atoms. The van der Waals surface area contributed by atoms with E-state index in [0.717, 1.165) is 25.8 Å². The van der Waals surface area contributed by atoms with Crippen LogP contribution in [0.1, 0.15) is 16.7 Å². The number of fused-ring (bicyclic) bond motifs is 1. The van der Waals surface area contributed by atoms with Crippen molar-refractivity contribution in [2.24, 2.45) is 0 Å². The van der Waals surface area contributed by atoms with Crippen molar-refractivity contribution in [2.75, 3.05) is 12.4 Å². The van der Waals surface area contributed by atoms with Crippen molar-refractivity contribution in [2.45, 2.75) is 6.92 Å². The third kappa shape index (κ3) is 2.89. The summed E-state index contributed by atoms with van der Waals surface area (Å²) in [5.74, 6) is 0.416. The summed E-state index contributed by atoms with van der Waals surface area (Å²) in [5, 5.41) is 13.2. The molecule has 0 atom stereocenters. The van der Waals surface area contributed by atoms with E-state index in [1.54, 1.807) is 25.3 Å². The second-order valence-corrected chi connectivity index (χ2v) is 7.84. The minimum atomic E-state index is -0.217. The first-order chi connectivity index (χ1) is 11.3. The molecule has 0 radical (unpaired) electrons. The van der Waals surface area contributed by atoms with Gasteiger partial charge in [0.2, 0.25) is 0 Å². The third-order valence-corrected chi connectivity index (χ3v) is 5.88. The van der Waals surface area contributed by atoms with E-state index >= 15 is 0 Å². The summed E-state index contributed by atoms with van der Waals surface area (Å²) < 4.78 is 7.42. The number of rotatable bonds is 2. The summed E-state index contributed by atoms with van der Waals surface area (Å²) in [5.41, 5.74) is 3.46. The first-order valence-electron chi connectivity index (χ1n) is 6.92. The molecule has 0 fully saturated rings. The van der Waals surface area contributed by atoms with Crippen LogP contribution < -0.4 is 10.1 Å². The van der Waals surface area contributed by atoms with Crippen molar-refractivity contribution in [1.82, 2.24) is 0 Å². The van der Waals surface area contributed by atoms with Gasteiger partial charge in [-0.15, -0.1) is 0 Å². The van der Waals surface area contributed by atoms with Crippen LogP contribution in [0.25, 0.3) is 11.6 Å². The molecule has 2 aromatic carbocycles. The zero-order valence-electron chi connectivity index (χ0n) is 12.7. The number of nitrogens with one attached hydrogen (secondary N) is 1. The number of carbonyl (C=O) groups excluding carboxylic acids is 1. The highest BCUT2D eigenvalue weighted by Gasteiger charge is 2.29. The Bertz CT molecular complexity index is 907. The van der Waals surface area contributed by atoms with Gasteiger partial charge in [-0.05, 0) is 68.6 Å². The van der Waals surface area contributed by atoms with Crippen molar-refractivity contribution < 1.29 is 14.6 Å². The van der Waals surface area contributed by atoms with Crippen LogP contribution in [0.3, 0.4) is 0 Å². The van der Waals surface area contributed by atoms with Crippen LogP contribution >= 0.6 is 47.8 Å². The van der Waals surface area contributed by atoms with Gasteiger partial charge in [-0.25, -0.2) is 0 Å². The molecular weight excluding hydrogens is 506 g/mol. The molecule has 1 amide bonds. The zero-order chi connectivity index (χ0) is 17.6. The predicted octanol–water partition coefficient (Wildman–Crippen LogP) is 5.49. The lowest BCUT2D eigenvalue weighted by molar-refractivity contribution is -0.110. The van der Waals surface area contributed by atoms with Crippen molar-refractivity contribution in [3.63, 3.8) is 0 Å². The van der Waals surface area contributed by atoms with Gasteiger partial charge in [-0.3, -0.25) is 4.79 Å². The molecule has 124 valence electrons. The Labute approximate surface area is 164 Å². The summed E-state index contributed by atoms with van der Waals surface area (Å²) in [6.45, 7) is 1.94. The Balaban J connectivity index is 2.25. The second kappa shape index (κ2) is 6.54. The Morgan fingerprint density at radius 2 is 1.83 bits per heavy atom. The number of amides is 1. The third-order valence-electron chi connectivity index (χ3n) is 3.83. The van der Waals surface area contributed by atoms with E-state index in [2.05, 4.69) is 53.1 Å². The molecule has 0 saturated carbocycles. The average molecular weight is 518 g/mol. The van der Waals surface area contributed by atoms with E-state index in [1.165, 1.54) is 0 Å². The fraction of sp³-hybridized carbons (Fsp3) is 0.118. The minimum Gasteiger partial charge on any atom is -0.506 e. The van der Waals surface area contributed by atoms with Gasteiger partial charge in [0.15, 0.2) is 0 Å². The van der Waals surface area contributed by atoms with Crippen LogP contribution in [0, 0.1) is 6.92 Å². The highest BCUT2D eigenvalue weighted by atomic mass is 79.9. The number of hydrogen-bond acceptors (Lipinski definition) is 3. The first kappa shape index (κ1) is 17.5. The summed E-state index contributed by atoms with van der Waals surface area (Å²) in [6.07, 6.45) is 1.66. The maximum absolute atomic E-state index is 12.5. The summed E-state index contributed by atoms with van der Waals surface area (Å²) in [6, 6.07) is 5.25. The van der Waals surface area contributed by atoms with Crippen LogP contribution in [0.5, 0.6) is 11.5 Å². The Hall–Kier alpha value is -1.31. The van der Waals surface area contributed by atoms with Gasteiger partial charge >= 0.3 is 0 Å². The highest BCUT2D eigenvalue weighted by Crippen LogP contribution is 2.44. The lowest BCUT2D eigenvalue weighted by Gasteiger charge is -2.10. The molecule has 4 nitrogen and oxygen atoms in total. The van der Waals surface area contributed by atoms with Crippen LogP contribution in [-0.2, 0) is 4.79 Å². The number of aromatic hydroxyl groups is 1. The van der Waals surface area contributed by atoms with Gasteiger partial charge in [0.1, 0.15) is 11.5 Å². The Morgan fingerprint density at radius 3 is 2.50 bits per heavy atom. The summed E-state index contributed by atoms with van der Waals surface area (Å²) in [4.78, 5) is 12.5. The SMILES string of the molecule is COc1cc(Br)c(O)c(C=C2C(=O)Nc3c(Br)cc(Br)c(C)c32)c1.